The zero-order chi connectivity index (χ0) is 28.9. The van der Waals surface area contributed by atoms with Crippen molar-refractivity contribution >= 4 is 56.5 Å². The SMILES string of the molecule is Cc1cc(C)nc(NS(=O)(=O)c2ccc(NC(=O)CCSc3nc(N)c(C#N)c(-c4ccsc4)c3C#N)cc2)n1. The molecule has 4 rings (SSSR count). The molecule has 0 aliphatic heterocycles. The molecule has 4 N–H and O–H groups in total. The van der Waals surface area contributed by atoms with E-state index < -0.39 is 10.0 Å². The largest absolute Gasteiger partial charge is 0.383 e. The number of hydrogen-bond acceptors (Lipinski definition) is 11. The van der Waals surface area contributed by atoms with E-state index in [1.165, 1.54) is 47.4 Å². The van der Waals surface area contributed by atoms with Gasteiger partial charge in [0, 0.05) is 34.8 Å². The van der Waals surface area contributed by atoms with Gasteiger partial charge in [-0.25, -0.2) is 28.1 Å². The summed E-state index contributed by atoms with van der Waals surface area (Å²) in [6.07, 6.45) is 0.0799. The van der Waals surface area contributed by atoms with Crippen molar-refractivity contribution in [1.82, 2.24) is 15.0 Å². The van der Waals surface area contributed by atoms with Crippen LogP contribution >= 0.6 is 23.1 Å². The number of anilines is 3. The average molecular weight is 591 g/mol. The summed E-state index contributed by atoms with van der Waals surface area (Å²) in [7, 11) is -3.93. The Hall–Kier alpha value is -4.50. The van der Waals surface area contributed by atoms with Gasteiger partial charge in [-0.15, -0.1) is 11.8 Å². The minimum absolute atomic E-state index is 0.0150. The quantitative estimate of drug-likeness (QED) is 0.235. The molecule has 0 unspecified atom stereocenters. The molecule has 1 aromatic carbocycles. The maximum atomic E-state index is 12.7. The molecular formula is C26H22N8O3S3. The molecule has 0 aliphatic carbocycles. The molecule has 11 nitrogen and oxygen atoms in total. The highest BCUT2D eigenvalue weighted by Crippen LogP contribution is 2.36. The van der Waals surface area contributed by atoms with Gasteiger partial charge in [0.25, 0.3) is 10.0 Å². The number of pyridine rings is 1. The number of amides is 1. The Morgan fingerprint density at radius 1 is 1.05 bits per heavy atom. The van der Waals surface area contributed by atoms with Crippen molar-refractivity contribution in [3.63, 3.8) is 0 Å². The number of thioether (sulfide) groups is 1. The van der Waals surface area contributed by atoms with Gasteiger partial charge < -0.3 is 11.1 Å². The van der Waals surface area contributed by atoms with Crippen molar-refractivity contribution in [3.05, 3.63) is 69.7 Å². The average Bonchev–Trinajstić information content (AvgIpc) is 3.42. The van der Waals surface area contributed by atoms with E-state index in [9.17, 15) is 23.7 Å². The summed E-state index contributed by atoms with van der Waals surface area (Å²) >= 11 is 2.61. The second-order valence-corrected chi connectivity index (χ2v) is 12.0. The number of aromatic nitrogens is 3. The molecule has 0 aliphatic rings. The predicted octanol–water partition coefficient (Wildman–Crippen LogP) is 4.46. The van der Waals surface area contributed by atoms with Gasteiger partial charge in [-0.05, 0) is 66.6 Å². The molecule has 3 heterocycles. The molecule has 0 spiro atoms. The van der Waals surface area contributed by atoms with E-state index in [1.807, 2.05) is 16.8 Å². The highest BCUT2D eigenvalue weighted by Gasteiger charge is 2.21. The van der Waals surface area contributed by atoms with Crippen LogP contribution in [0.4, 0.5) is 17.5 Å². The van der Waals surface area contributed by atoms with Crippen LogP contribution in [0.15, 0.2) is 57.1 Å². The standard InChI is InChI=1S/C26H22N8O3S3/c1-15-11-16(2)31-26(30-15)34-40(36,37)19-5-3-18(4-6-19)32-22(35)8-10-39-25-21(13-28)23(17-7-9-38-14-17)20(12-27)24(29)33-25/h3-7,9,11,14H,8,10H2,1-2H3,(H2,29,33)(H,32,35)(H,30,31,34). The summed E-state index contributed by atoms with van der Waals surface area (Å²) in [5.74, 6) is -0.0342. The molecular weight excluding hydrogens is 569 g/mol. The minimum Gasteiger partial charge on any atom is -0.383 e. The normalized spacial score (nSPS) is 10.9. The first kappa shape index (κ1) is 28.5. The topological polar surface area (TPSA) is 188 Å². The first-order valence-electron chi connectivity index (χ1n) is 11.7. The zero-order valence-electron chi connectivity index (χ0n) is 21.3. The Balaban J connectivity index is 1.39. The molecule has 4 aromatic rings. The van der Waals surface area contributed by atoms with Gasteiger partial charge in [-0.1, -0.05) is 0 Å². The number of nitrogen functional groups attached to an aromatic ring is 1. The number of nitriles is 2. The number of sulfonamides is 1. The van der Waals surface area contributed by atoms with Crippen LogP contribution in [0.3, 0.4) is 0 Å². The lowest BCUT2D eigenvalue weighted by atomic mass is 9.99. The zero-order valence-corrected chi connectivity index (χ0v) is 23.7. The molecule has 1 amide bonds. The number of thiophene rings is 1. The van der Waals surface area contributed by atoms with E-state index in [1.54, 1.807) is 26.0 Å². The van der Waals surface area contributed by atoms with Crippen LogP contribution in [0.1, 0.15) is 28.9 Å². The number of nitrogens with one attached hydrogen (secondary N) is 2. The first-order chi connectivity index (χ1) is 19.1. The van der Waals surface area contributed by atoms with Crippen molar-refractivity contribution in [3.8, 4) is 23.3 Å². The first-order valence-corrected chi connectivity index (χ1v) is 15.1. The number of nitrogens with zero attached hydrogens (tertiary/aromatic N) is 5. The maximum absolute atomic E-state index is 12.7. The van der Waals surface area contributed by atoms with E-state index in [0.717, 1.165) is 0 Å². The number of rotatable bonds is 9. The fraction of sp³-hybridized carbons (Fsp3) is 0.154. The third-order valence-corrected chi connectivity index (χ3v) is 8.45. The Labute approximate surface area is 239 Å². The van der Waals surface area contributed by atoms with E-state index in [2.05, 4.69) is 31.1 Å². The van der Waals surface area contributed by atoms with Crippen LogP contribution in [0.5, 0.6) is 0 Å². The maximum Gasteiger partial charge on any atom is 0.264 e. The second kappa shape index (κ2) is 12.1. The van der Waals surface area contributed by atoms with Gasteiger partial charge in [0.2, 0.25) is 11.9 Å². The number of carbonyl (C=O) groups is 1. The fourth-order valence-electron chi connectivity index (χ4n) is 3.73. The van der Waals surface area contributed by atoms with Crippen molar-refractivity contribution in [2.24, 2.45) is 0 Å². The van der Waals surface area contributed by atoms with Crippen LogP contribution in [-0.4, -0.2) is 35.0 Å². The second-order valence-electron chi connectivity index (χ2n) is 8.41. The van der Waals surface area contributed by atoms with Crippen LogP contribution in [0.25, 0.3) is 11.1 Å². The Morgan fingerprint density at radius 3 is 2.33 bits per heavy atom. The highest BCUT2D eigenvalue weighted by molar-refractivity contribution is 7.99. The summed E-state index contributed by atoms with van der Waals surface area (Å²) in [5.41, 5.74) is 9.18. The third kappa shape index (κ3) is 6.55. The molecule has 0 fully saturated rings. The fourth-order valence-corrected chi connectivity index (χ4v) is 6.26. The molecule has 40 heavy (non-hydrogen) atoms. The van der Waals surface area contributed by atoms with Gasteiger partial charge in [-0.3, -0.25) is 4.79 Å². The van der Waals surface area contributed by atoms with Crippen molar-refractivity contribution < 1.29 is 13.2 Å². The summed E-state index contributed by atoms with van der Waals surface area (Å²) in [6.45, 7) is 3.48. The molecule has 0 bridgehead atoms. The summed E-state index contributed by atoms with van der Waals surface area (Å²) in [4.78, 5) is 24.9. The summed E-state index contributed by atoms with van der Waals surface area (Å²) in [6, 6.07) is 13.4. The van der Waals surface area contributed by atoms with Crippen LogP contribution in [0, 0.1) is 36.5 Å². The van der Waals surface area contributed by atoms with Gasteiger partial charge >= 0.3 is 0 Å². The molecule has 202 valence electrons. The third-order valence-electron chi connectivity index (χ3n) is 5.45. The van der Waals surface area contributed by atoms with Gasteiger partial charge in [0.05, 0.1) is 10.5 Å². The lowest BCUT2D eigenvalue weighted by Gasteiger charge is -2.12. The van der Waals surface area contributed by atoms with Crippen LogP contribution in [-0.2, 0) is 14.8 Å². The molecule has 0 saturated carbocycles. The number of carbonyl (C=O) groups excluding carboxylic acids is 1. The summed E-state index contributed by atoms with van der Waals surface area (Å²) in [5, 5.41) is 26.1. The van der Waals surface area contributed by atoms with E-state index in [-0.39, 0.29) is 45.9 Å². The number of benzene rings is 1. The van der Waals surface area contributed by atoms with Gasteiger partial charge in [-0.2, -0.15) is 21.9 Å². The molecule has 14 heteroatoms. The van der Waals surface area contributed by atoms with Crippen LogP contribution in [0.2, 0.25) is 0 Å². The molecule has 0 saturated heterocycles. The Kier molecular flexibility index (Phi) is 8.64. The van der Waals surface area contributed by atoms with E-state index in [0.29, 0.717) is 33.2 Å². The lowest BCUT2D eigenvalue weighted by Crippen LogP contribution is -2.16. The Bertz CT molecular complexity index is 1740. The highest BCUT2D eigenvalue weighted by atomic mass is 32.2. The number of nitrogens with two attached hydrogens (primary N) is 1. The van der Waals surface area contributed by atoms with Crippen molar-refractivity contribution in [2.45, 2.75) is 30.2 Å². The van der Waals surface area contributed by atoms with E-state index in [4.69, 9.17) is 5.73 Å². The molecule has 3 aromatic heterocycles. The van der Waals surface area contributed by atoms with Gasteiger partial charge in [0.15, 0.2) is 0 Å². The number of aryl methyl sites for hydroxylation is 2. The lowest BCUT2D eigenvalue weighted by molar-refractivity contribution is -0.115. The van der Waals surface area contributed by atoms with E-state index >= 15 is 0 Å². The van der Waals surface area contributed by atoms with Crippen molar-refractivity contribution in [2.75, 3.05) is 21.5 Å². The number of hydrogen-bond donors (Lipinski definition) is 3. The Morgan fingerprint density at radius 2 is 1.73 bits per heavy atom. The van der Waals surface area contributed by atoms with Crippen LogP contribution < -0.4 is 15.8 Å². The van der Waals surface area contributed by atoms with Gasteiger partial charge in [0.1, 0.15) is 28.5 Å². The summed E-state index contributed by atoms with van der Waals surface area (Å²) < 4.78 is 27.8. The smallest absolute Gasteiger partial charge is 0.264 e. The van der Waals surface area contributed by atoms with Crippen molar-refractivity contribution in [1.29, 1.82) is 10.5 Å². The molecule has 0 radical (unpaired) electrons. The minimum atomic E-state index is -3.93. The molecule has 0 atom stereocenters. The monoisotopic (exact) mass is 590 g/mol. The predicted molar refractivity (Wildman–Crippen MR) is 154 cm³/mol.